The smallest absolute Gasteiger partial charge is 0.262 e. The predicted octanol–water partition coefficient (Wildman–Crippen LogP) is 6.76. The molecule has 4 rings (SSSR count). The van der Waals surface area contributed by atoms with Crippen molar-refractivity contribution < 1.29 is 13.2 Å². The van der Waals surface area contributed by atoms with Crippen molar-refractivity contribution in [2.45, 2.75) is 38.4 Å². The van der Waals surface area contributed by atoms with Crippen LogP contribution >= 0.6 is 10.7 Å². The molecule has 0 aromatic heterocycles. The van der Waals surface area contributed by atoms with Crippen LogP contribution in [0.5, 0.6) is 5.75 Å². The van der Waals surface area contributed by atoms with Crippen molar-refractivity contribution in [1.82, 2.24) is 0 Å². The molecule has 0 heterocycles. The SMILES string of the molecule is COc1c(C)cc2cc([Si](C)(C)C)ccc2c1-c1c(S(=O)(=O)Cl)c(C)cc2ccccc12. The average molecular weight is 483 g/mol. The van der Waals surface area contributed by atoms with E-state index in [9.17, 15) is 8.42 Å². The lowest BCUT2D eigenvalue weighted by molar-refractivity contribution is 0.414. The maximum atomic E-state index is 12.8. The highest BCUT2D eigenvalue weighted by molar-refractivity contribution is 8.13. The summed E-state index contributed by atoms with van der Waals surface area (Å²) in [5.74, 6) is 0.663. The summed E-state index contributed by atoms with van der Waals surface area (Å²) < 4.78 is 31.5. The highest BCUT2D eigenvalue weighted by Crippen LogP contribution is 2.47. The molecule has 4 aromatic carbocycles. The van der Waals surface area contributed by atoms with Gasteiger partial charge in [0.15, 0.2) is 0 Å². The molecule has 3 nitrogen and oxygen atoms in total. The van der Waals surface area contributed by atoms with E-state index in [2.05, 4.69) is 43.9 Å². The second-order valence-corrected chi connectivity index (χ2v) is 16.9. The van der Waals surface area contributed by atoms with Gasteiger partial charge in [0, 0.05) is 21.8 Å². The number of halogens is 1. The highest BCUT2D eigenvalue weighted by Gasteiger charge is 2.27. The van der Waals surface area contributed by atoms with Gasteiger partial charge in [0.25, 0.3) is 9.05 Å². The molecule has 0 saturated carbocycles. The number of rotatable bonds is 4. The Morgan fingerprint density at radius 2 is 1.44 bits per heavy atom. The first-order valence-corrected chi connectivity index (χ1v) is 16.3. The van der Waals surface area contributed by atoms with Gasteiger partial charge in [0.05, 0.1) is 20.1 Å². The Morgan fingerprint density at radius 3 is 2.06 bits per heavy atom. The Kier molecular flexibility index (Phi) is 5.64. The second-order valence-electron chi connectivity index (χ2n) is 9.34. The molecular weight excluding hydrogens is 456 g/mol. The molecule has 0 aliphatic heterocycles. The molecule has 0 aliphatic carbocycles. The van der Waals surface area contributed by atoms with E-state index < -0.39 is 17.1 Å². The summed E-state index contributed by atoms with van der Waals surface area (Å²) in [5.41, 5.74) is 2.93. The van der Waals surface area contributed by atoms with E-state index in [1.807, 2.05) is 37.3 Å². The average Bonchev–Trinajstić information content (AvgIpc) is 2.69. The summed E-state index contributed by atoms with van der Waals surface area (Å²) in [6, 6.07) is 18.3. The van der Waals surface area contributed by atoms with Gasteiger partial charge in [-0.25, -0.2) is 8.42 Å². The van der Waals surface area contributed by atoms with Crippen LogP contribution in [0.1, 0.15) is 11.1 Å². The molecular formula is C26H27ClO3SSi. The lowest BCUT2D eigenvalue weighted by Crippen LogP contribution is -2.37. The molecule has 0 radical (unpaired) electrons. The molecule has 32 heavy (non-hydrogen) atoms. The van der Waals surface area contributed by atoms with Crippen molar-refractivity contribution in [3.8, 4) is 16.9 Å². The first kappa shape index (κ1) is 22.8. The quantitative estimate of drug-likeness (QED) is 0.238. The predicted molar refractivity (Wildman–Crippen MR) is 139 cm³/mol. The maximum Gasteiger partial charge on any atom is 0.262 e. The number of ether oxygens (including phenoxy) is 1. The molecule has 0 amide bonds. The summed E-state index contributed by atoms with van der Waals surface area (Å²) in [5, 5.41) is 5.16. The van der Waals surface area contributed by atoms with Crippen molar-refractivity contribution in [2.75, 3.05) is 7.11 Å². The topological polar surface area (TPSA) is 43.4 Å². The summed E-state index contributed by atoms with van der Waals surface area (Å²) >= 11 is 0. The van der Waals surface area contributed by atoms with E-state index in [1.165, 1.54) is 5.19 Å². The van der Waals surface area contributed by atoms with Crippen molar-refractivity contribution in [3.63, 3.8) is 0 Å². The molecule has 0 aliphatic rings. The molecule has 0 saturated heterocycles. The number of hydrogen-bond donors (Lipinski definition) is 0. The van der Waals surface area contributed by atoms with E-state index in [1.54, 1.807) is 14.0 Å². The Labute approximate surface area is 195 Å². The van der Waals surface area contributed by atoms with Gasteiger partial charge in [-0.05, 0) is 52.6 Å². The maximum absolute atomic E-state index is 12.8. The van der Waals surface area contributed by atoms with Crippen LogP contribution in [-0.4, -0.2) is 23.6 Å². The number of hydrogen-bond acceptors (Lipinski definition) is 3. The number of fused-ring (bicyclic) bond motifs is 2. The third-order valence-electron chi connectivity index (χ3n) is 6.03. The second kappa shape index (κ2) is 7.91. The third-order valence-corrected chi connectivity index (χ3v) is 9.55. The van der Waals surface area contributed by atoms with E-state index in [4.69, 9.17) is 15.4 Å². The fraction of sp³-hybridized carbons (Fsp3) is 0.231. The Bertz CT molecular complexity index is 1490. The van der Waals surface area contributed by atoms with Crippen LogP contribution in [0.3, 0.4) is 0 Å². The molecule has 6 heteroatoms. The minimum absolute atomic E-state index is 0.136. The van der Waals surface area contributed by atoms with Gasteiger partial charge in [-0.2, -0.15) is 0 Å². The monoisotopic (exact) mass is 482 g/mol. The normalized spacial score (nSPS) is 12.5. The number of benzene rings is 4. The zero-order valence-corrected chi connectivity index (χ0v) is 21.8. The van der Waals surface area contributed by atoms with Crippen LogP contribution in [0.2, 0.25) is 19.6 Å². The third kappa shape index (κ3) is 3.83. The van der Waals surface area contributed by atoms with Gasteiger partial charge < -0.3 is 4.74 Å². The van der Waals surface area contributed by atoms with Crippen LogP contribution in [-0.2, 0) is 9.05 Å². The summed E-state index contributed by atoms with van der Waals surface area (Å²) in [4.78, 5) is 0.136. The van der Waals surface area contributed by atoms with E-state index >= 15 is 0 Å². The molecule has 0 unspecified atom stereocenters. The lowest BCUT2D eigenvalue weighted by atomic mass is 9.90. The standard InChI is InChI=1S/C26H27ClO3SSi/c1-16-13-19-15-20(32(4,5)6)11-12-22(19)23(25(16)30-3)24-21-10-8-7-9-18(21)14-17(2)26(24)31(27,28)29/h7-15H,1-6H3. The van der Waals surface area contributed by atoms with Crippen LogP contribution in [0.15, 0.2) is 59.5 Å². The minimum atomic E-state index is -4.02. The molecule has 166 valence electrons. The van der Waals surface area contributed by atoms with Gasteiger partial charge in [0.2, 0.25) is 0 Å². The van der Waals surface area contributed by atoms with Gasteiger partial charge >= 0.3 is 0 Å². The van der Waals surface area contributed by atoms with Crippen LogP contribution in [0.25, 0.3) is 32.7 Å². The molecule has 0 atom stereocenters. The minimum Gasteiger partial charge on any atom is -0.496 e. The fourth-order valence-corrected chi connectivity index (χ4v) is 7.20. The zero-order chi connectivity index (χ0) is 23.4. The van der Waals surface area contributed by atoms with Crippen molar-refractivity contribution in [3.05, 3.63) is 65.7 Å². The Balaban J connectivity index is 2.28. The number of aryl methyl sites for hydroxylation is 2. The van der Waals surface area contributed by atoms with Gasteiger partial charge in [-0.15, -0.1) is 0 Å². The highest BCUT2D eigenvalue weighted by atomic mass is 35.7. The van der Waals surface area contributed by atoms with Gasteiger partial charge in [-0.3, -0.25) is 0 Å². The van der Waals surface area contributed by atoms with Crippen molar-refractivity contribution >= 4 is 54.5 Å². The molecule has 0 fully saturated rings. The summed E-state index contributed by atoms with van der Waals surface area (Å²) in [7, 11) is 2.11. The fourth-order valence-electron chi connectivity index (χ4n) is 4.54. The van der Waals surface area contributed by atoms with Crippen molar-refractivity contribution in [1.29, 1.82) is 0 Å². The Morgan fingerprint density at radius 1 is 0.812 bits per heavy atom. The van der Waals surface area contributed by atoms with Crippen molar-refractivity contribution in [2.24, 2.45) is 0 Å². The van der Waals surface area contributed by atoms with Gasteiger partial charge in [0.1, 0.15) is 5.75 Å². The largest absolute Gasteiger partial charge is 0.496 e. The summed E-state index contributed by atoms with van der Waals surface area (Å²) in [6.07, 6.45) is 0. The van der Waals surface area contributed by atoms with Crippen LogP contribution < -0.4 is 9.92 Å². The first-order valence-electron chi connectivity index (χ1n) is 10.5. The summed E-state index contributed by atoms with van der Waals surface area (Å²) in [6.45, 7) is 10.7. The van der Waals surface area contributed by atoms with E-state index in [-0.39, 0.29) is 4.90 Å². The first-order chi connectivity index (χ1) is 14.9. The van der Waals surface area contributed by atoms with E-state index in [0.29, 0.717) is 16.9 Å². The molecule has 0 N–H and O–H groups in total. The molecule has 0 bridgehead atoms. The van der Waals surface area contributed by atoms with Crippen LogP contribution in [0.4, 0.5) is 0 Å². The lowest BCUT2D eigenvalue weighted by Gasteiger charge is -2.22. The van der Waals surface area contributed by atoms with E-state index in [0.717, 1.165) is 32.7 Å². The molecule has 4 aromatic rings. The van der Waals surface area contributed by atoms with Crippen LogP contribution in [0, 0.1) is 13.8 Å². The zero-order valence-electron chi connectivity index (χ0n) is 19.2. The number of methoxy groups -OCH3 is 1. The van der Waals surface area contributed by atoms with Gasteiger partial charge in [-0.1, -0.05) is 73.4 Å². The Hall–Kier alpha value is -2.34. The molecule has 0 spiro atoms.